The van der Waals surface area contributed by atoms with Gasteiger partial charge in [-0.15, -0.1) is 4.89 Å². The topological polar surface area (TPSA) is 89.5 Å². The molecule has 128 valence electrons. The minimum Gasteiger partial charge on any atom is -0.430 e. The van der Waals surface area contributed by atoms with Gasteiger partial charge >= 0.3 is 12.1 Å². The molecule has 0 aliphatic heterocycles. The highest BCUT2D eigenvalue weighted by molar-refractivity contribution is 5.81. The smallest absolute Gasteiger partial charge is 0.430 e. The highest BCUT2D eigenvalue weighted by Gasteiger charge is 2.27. The molecule has 0 aromatic rings. The maximum Gasteiger partial charge on any atom is 0.540 e. The van der Waals surface area contributed by atoms with Gasteiger partial charge in [0.2, 0.25) is 0 Å². The van der Waals surface area contributed by atoms with Crippen LogP contribution in [-0.4, -0.2) is 29.6 Å². The monoisotopic (exact) mass is 320 g/mol. The molecule has 0 saturated carbocycles. The third kappa shape index (κ3) is 12.0. The van der Waals surface area contributed by atoms with Crippen molar-refractivity contribution < 1.29 is 38.6 Å². The Labute approximate surface area is 130 Å². The Morgan fingerprint density at radius 2 is 1.59 bits per heavy atom. The molecule has 0 aliphatic carbocycles. The van der Waals surface area contributed by atoms with E-state index in [1.807, 2.05) is 0 Å². The van der Waals surface area contributed by atoms with Crippen molar-refractivity contribution in [3.8, 4) is 0 Å². The summed E-state index contributed by atoms with van der Waals surface area (Å²) in [5, 5.41) is 0. The maximum absolute atomic E-state index is 11.5. The first-order valence-corrected chi connectivity index (χ1v) is 6.71. The zero-order valence-electron chi connectivity index (χ0n) is 14.0. The van der Waals surface area contributed by atoms with E-state index in [1.165, 1.54) is 13.8 Å². The molecule has 8 heteroatoms. The summed E-state index contributed by atoms with van der Waals surface area (Å²) < 4.78 is 9.59. The molecule has 0 amide bonds. The number of carbonyl (C=O) groups excluding carboxylic acids is 2. The normalized spacial score (nSPS) is 12.4. The van der Waals surface area contributed by atoms with Crippen molar-refractivity contribution in [3.05, 3.63) is 12.3 Å². The van der Waals surface area contributed by atoms with Crippen LogP contribution in [-0.2, 0) is 33.8 Å². The fourth-order valence-electron chi connectivity index (χ4n) is 0.895. The number of hydrogen-bond acceptors (Lipinski definition) is 8. The van der Waals surface area contributed by atoms with Crippen molar-refractivity contribution >= 4 is 12.1 Å². The predicted molar refractivity (Wildman–Crippen MR) is 75.0 cm³/mol. The van der Waals surface area contributed by atoms with Crippen molar-refractivity contribution in [1.29, 1.82) is 0 Å². The average molecular weight is 320 g/mol. The fourth-order valence-corrected chi connectivity index (χ4v) is 0.895. The first kappa shape index (κ1) is 20.2. The van der Waals surface area contributed by atoms with Crippen LogP contribution < -0.4 is 0 Å². The largest absolute Gasteiger partial charge is 0.540 e. The molecule has 0 atom stereocenters. The summed E-state index contributed by atoms with van der Waals surface area (Å²) in [6.45, 7) is 11.4. The summed E-state index contributed by atoms with van der Waals surface area (Å²) in [5.41, 5.74) is -0.513. The van der Waals surface area contributed by atoms with Crippen LogP contribution in [0.25, 0.3) is 0 Å². The minimum absolute atomic E-state index is 0.357. The lowest BCUT2D eigenvalue weighted by atomic mass is 10.2. The quantitative estimate of drug-likeness (QED) is 0.177. The highest BCUT2D eigenvalue weighted by Crippen LogP contribution is 2.13. The second kappa shape index (κ2) is 8.60. The van der Waals surface area contributed by atoms with E-state index in [2.05, 4.69) is 9.62 Å². The number of esters is 1. The number of rotatable bonds is 7. The third-order valence-electron chi connectivity index (χ3n) is 1.55. The SMILES string of the molecule is CC(C)OC(=O)OOC(C)(C)OC(=O)C=COOC(C)(C)C. The minimum atomic E-state index is -1.50. The van der Waals surface area contributed by atoms with Crippen molar-refractivity contribution in [2.24, 2.45) is 0 Å². The van der Waals surface area contributed by atoms with Crippen molar-refractivity contribution in [1.82, 2.24) is 0 Å². The summed E-state index contributed by atoms with van der Waals surface area (Å²) in [6, 6.07) is 0. The molecule has 0 fully saturated rings. The van der Waals surface area contributed by atoms with Gasteiger partial charge in [0.1, 0.15) is 11.9 Å². The van der Waals surface area contributed by atoms with Crippen LogP contribution in [0.4, 0.5) is 4.79 Å². The van der Waals surface area contributed by atoms with Crippen LogP contribution in [0, 0.1) is 0 Å². The fraction of sp³-hybridized carbons (Fsp3) is 0.714. The first-order chi connectivity index (χ1) is 9.91. The van der Waals surface area contributed by atoms with Gasteiger partial charge in [0, 0.05) is 13.8 Å². The lowest BCUT2D eigenvalue weighted by Gasteiger charge is -2.22. The summed E-state index contributed by atoms with van der Waals surface area (Å²) in [4.78, 5) is 41.3. The highest BCUT2D eigenvalue weighted by atomic mass is 17.3. The number of carbonyl (C=O) groups is 2. The van der Waals surface area contributed by atoms with E-state index in [0.29, 0.717) is 0 Å². The second-order valence-electron chi connectivity index (χ2n) is 6.00. The summed E-state index contributed by atoms with van der Waals surface area (Å²) >= 11 is 0. The van der Waals surface area contributed by atoms with E-state index in [9.17, 15) is 9.59 Å². The van der Waals surface area contributed by atoms with Gasteiger partial charge in [-0.05, 0) is 34.6 Å². The molecule has 0 aromatic carbocycles. The van der Waals surface area contributed by atoms with E-state index in [4.69, 9.17) is 19.4 Å². The standard InChI is InChI=1S/C14H24O8/c1-10(2)18-12(16)20-22-14(6,7)19-11(15)8-9-17-21-13(3,4)5/h8-10H,1-7H3. The van der Waals surface area contributed by atoms with E-state index in [1.54, 1.807) is 34.6 Å². The van der Waals surface area contributed by atoms with Gasteiger partial charge in [0.25, 0.3) is 5.79 Å². The summed E-state index contributed by atoms with van der Waals surface area (Å²) in [6.07, 6.45) is 0.627. The van der Waals surface area contributed by atoms with Gasteiger partial charge in [-0.2, -0.15) is 4.89 Å². The van der Waals surface area contributed by atoms with Crippen LogP contribution in [0.5, 0.6) is 0 Å². The summed E-state index contributed by atoms with van der Waals surface area (Å²) in [5.74, 6) is -2.27. The molecule has 0 saturated heterocycles. The molecule has 8 nitrogen and oxygen atoms in total. The van der Waals surface area contributed by atoms with Gasteiger partial charge in [0.15, 0.2) is 0 Å². The van der Waals surface area contributed by atoms with Crippen molar-refractivity contribution in [2.45, 2.75) is 66.0 Å². The summed E-state index contributed by atoms with van der Waals surface area (Å²) in [7, 11) is 0. The van der Waals surface area contributed by atoms with Crippen LogP contribution in [0.1, 0.15) is 48.5 Å². The van der Waals surface area contributed by atoms with Gasteiger partial charge in [-0.25, -0.2) is 9.59 Å². The first-order valence-electron chi connectivity index (χ1n) is 6.71. The molecule has 0 spiro atoms. The van der Waals surface area contributed by atoms with Crippen LogP contribution in [0.15, 0.2) is 12.3 Å². The van der Waals surface area contributed by atoms with E-state index < -0.39 is 23.5 Å². The molecule has 0 rings (SSSR count). The lowest BCUT2D eigenvalue weighted by Crippen LogP contribution is -2.32. The molecule has 22 heavy (non-hydrogen) atoms. The van der Waals surface area contributed by atoms with Gasteiger partial charge < -0.3 is 14.4 Å². The molecule has 0 N–H and O–H groups in total. The third-order valence-corrected chi connectivity index (χ3v) is 1.55. The average Bonchev–Trinajstić information content (AvgIpc) is 2.30. The molecule has 0 heterocycles. The number of ether oxygens (including phenoxy) is 2. The van der Waals surface area contributed by atoms with E-state index in [0.717, 1.165) is 12.3 Å². The Bertz CT molecular complexity index is 392. The zero-order valence-corrected chi connectivity index (χ0v) is 14.0. The van der Waals surface area contributed by atoms with Crippen molar-refractivity contribution in [3.63, 3.8) is 0 Å². The van der Waals surface area contributed by atoms with E-state index in [-0.39, 0.29) is 6.10 Å². The van der Waals surface area contributed by atoms with Gasteiger partial charge in [0.05, 0.1) is 12.2 Å². The Balaban J connectivity index is 4.15. The van der Waals surface area contributed by atoms with Gasteiger partial charge in [-0.1, -0.05) is 0 Å². The molecule has 0 aliphatic rings. The van der Waals surface area contributed by atoms with Crippen LogP contribution >= 0.6 is 0 Å². The number of hydrogen-bond donors (Lipinski definition) is 0. The van der Waals surface area contributed by atoms with Crippen molar-refractivity contribution in [2.75, 3.05) is 0 Å². The Morgan fingerprint density at radius 1 is 1.00 bits per heavy atom. The zero-order chi connectivity index (χ0) is 17.4. The maximum atomic E-state index is 11.5. The Hall–Kier alpha value is -1.80. The van der Waals surface area contributed by atoms with Gasteiger partial charge in [-0.3, -0.25) is 4.89 Å². The Kier molecular flexibility index (Phi) is 7.89. The molecule has 0 radical (unpaired) electrons. The molecular formula is C14H24O8. The van der Waals surface area contributed by atoms with Crippen LogP contribution in [0.3, 0.4) is 0 Å². The Morgan fingerprint density at radius 3 is 2.09 bits per heavy atom. The predicted octanol–water partition coefficient (Wildman–Crippen LogP) is 3.02. The molecular weight excluding hydrogens is 296 g/mol. The van der Waals surface area contributed by atoms with Crippen LogP contribution in [0.2, 0.25) is 0 Å². The van der Waals surface area contributed by atoms with E-state index >= 15 is 0 Å². The molecule has 0 unspecified atom stereocenters. The lowest BCUT2D eigenvalue weighted by molar-refractivity contribution is -0.379. The second-order valence-corrected chi connectivity index (χ2v) is 6.00. The molecule has 0 aromatic heterocycles. The molecule has 0 bridgehead atoms.